The van der Waals surface area contributed by atoms with Crippen LogP contribution in [0.2, 0.25) is 0 Å². The van der Waals surface area contributed by atoms with Crippen molar-refractivity contribution in [3.05, 3.63) is 0 Å². The van der Waals surface area contributed by atoms with Crippen LogP contribution in [-0.4, -0.2) is 22.9 Å². The van der Waals surface area contributed by atoms with Gasteiger partial charge in [-0.3, -0.25) is 0 Å². The van der Waals surface area contributed by atoms with E-state index in [1.807, 2.05) is 0 Å². The molecule has 0 aromatic carbocycles. The molecule has 2 N–H and O–H groups in total. The van der Waals surface area contributed by atoms with Gasteiger partial charge in [0.05, 0.1) is 12.7 Å². The summed E-state index contributed by atoms with van der Waals surface area (Å²) in [5.41, 5.74) is -0.230. The highest BCUT2D eigenvalue weighted by atomic mass is 16.3. The number of aliphatic hydroxyl groups excluding tert-OH is 2. The van der Waals surface area contributed by atoms with Crippen molar-refractivity contribution in [3.63, 3.8) is 0 Å². The van der Waals surface area contributed by atoms with Crippen molar-refractivity contribution in [1.82, 2.24) is 0 Å². The fourth-order valence-corrected chi connectivity index (χ4v) is 2.46. The minimum atomic E-state index is -0.318. The average molecular weight is 186 g/mol. The summed E-state index contributed by atoms with van der Waals surface area (Å²) in [5.74, 6) is 0.966. The van der Waals surface area contributed by atoms with Gasteiger partial charge in [0.1, 0.15) is 0 Å². The molecule has 0 bridgehead atoms. The molecule has 0 aromatic heterocycles. The van der Waals surface area contributed by atoms with E-state index in [1.165, 1.54) is 0 Å². The Morgan fingerprint density at radius 1 is 1.46 bits per heavy atom. The van der Waals surface area contributed by atoms with Gasteiger partial charge in [-0.25, -0.2) is 0 Å². The molecule has 0 spiro atoms. The third-order valence-electron chi connectivity index (χ3n) is 3.84. The fraction of sp³-hybridized carbons (Fsp3) is 1.00. The van der Waals surface area contributed by atoms with Crippen LogP contribution in [0.15, 0.2) is 0 Å². The second kappa shape index (κ2) is 3.97. The molecule has 0 saturated heterocycles. The molecule has 1 rings (SSSR count). The Labute approximate surface area is 81.0 Å². The van der Waals surface area contributed by atoms with Crippen molar-refractivity contribution in [2.75, 3.05) is 6.61 Å². The molecule has 0 radical (unpaired) electrons. The van der Waals surface area contributed by atoms with E-state index in [-0.39, 0.29) is 18.1 Å². The summed E-state index contributed by atoms with van der Waals surface area (Å²) in [6.07, 6.45) is 2.62. The molecule has 2 heteroatoms. The van der Waals surface area contributed by atoms with E-state index >= 15 is 0 Å². The Bertz CT molecular complexity index is 167. The molecule has 0 unspecified atom stereocenters. The van der Waals surface area contributed by atoms with Crippen molar-refractivity contribution in [2.45, 2.75) is 46.1 Å². The molecular formula is C11H22O2. The molecule has 1 aliphatic rings. The van der Waals surface area contributed by atoms with Crippen LogP contribution in [0.4, 0.5) is 0 Å². The molecule has 0 amide bonds. The third kappa shape index (κ3) is 1.89. The van der Waals surface area contributed by atoms with Gasteiger partial charge in [-0.1, -0.05) is 20.8 Å². The Morgan fingerprint density at radius 2 is 2.08 bits per heavy atom. The van der Waals surface area contributed by atoms with Crippen molar-refractivity contribution < 1.29 is 10.2 Å². The predicted molar refractivity (Wildman–Crippen MR) is 53.4 cm³/mol. The zero-order chi connectivity index (χ0) is 10.1. The molecular weight excluding hydrogens is 164 g/mol. The van der Waals surface area contributed by atoms with Gasteiger partial charge in [-0.15, -0.1) is 0 Å². The zero-order valence-corrected chi connectivity index (χ0v) is 8.95. The zero-order valence-electron chi connectivity index (χ0n) is 8.95. The highest BCUT2D eigenvalue weighted by Gasteiger charge is 2.43. The molecule has 2 nitrogen and oxygen atoms in total. The van der Waals surface area contributed by atoms with E-state index in [0.29, 0.717) is 11.8 Å². The van der Waals surface area contributed by atoms with Crippen LogP contribution in [0.3, 0.4) is 0 Å². The Morgan fingerprint density at radius 3 is 2.46 bits per heavy atom. The minimum absolute atomic E-state index is 0.124. The quantitative estimate of drug-likeness (QED) is 0.690. The van der Waals surface area contributed by atoms with Crippen LogP contribution in [0.5, 0.6) is 0 Å². The molecule has 0 aromatic rings. The summed E-state index contributed by atoms with van der Waals surface area (Å²) in [6, 6.07) is 0. The standard InChI is InChI=1S/C11H22O2/c1-8(2)11(7-12)5-4-9(3)6-10(11)13/h8-10,12-13H,4-7H2,1-3H3/t9-,10-,11-/m0/s1. The second-order valence-corrected chi connectivity index (χ2v) is 4.94. The lowest BCUT2D eigenvalue weighted by Crippen LogP contribution is -2.46. The summed E-state index contributed by atoms with van der Waals surface area (Å²) in [7, 11) is 0. The van der Waals surface area contributed by atoms with Gasteiger partial charge >= 0.3 is 0 Å². The summed E-state index contributed by atoms with van der Waals surface area (Å²) in [5, 5.41) is 19.4. The molecule has 13 heavy (non-hydrogen) atoms. The van der Waals surface area contributed by atoms with Crippen LogP contribution >= 0.6 is 0 Å². The van der Waals surface area contributed by atoms with Crippen molar-refractivity contribution >= 4 is 0 Å². The number of aliphatic hydroxyl groups is 2. The molecule has 1 saturated carbocycles. The van der Waals surface area contributed by atoms with Crippen molar-refractivity contribution in [1.29, 1.82) is 0 Å². The fourth-order valence-electron chi connectivity index (χ4n) is 2.46. The maximum Gasteiger partial charge on any atom is 0.0623 e. The molecule has 0 heterocycles. The summed E-state index contributed by atoms with van der Waals surface area (Å²) in [6.45, 7) is 6.48. The first-order valence-corrected chi connectivity index (χ1v) is 5.32. The summed E-state index contributed by atoms with van der Waals surface area (Å²) in [4.78, 5) is 0. The van der Waals surface area contributed by atoms with Crippen molar-refractivity contribution in [3.8, 4) is 0 Å². The summed E-state index contributed by atoms with van der Waals surface area (Å²) >= 11 is 0. The highest BCUT2D eigenvalue weighted by Crippen LogP contribution is 2.43. The Hall–Kier alpha value is -0.0800. The first-order valence-electron chi connectivity index (χ1n) is 5.32. The van der Waals surface area contributed by atoms with Gasteiger partial charge in [0.15, 0.2) is 0 Å². The minimum Gasteiger partial charge on any atom is -0.396 e. The van der Waals surface area contributed by atoms with E-state index in [2.05, 4.69) is 20.8 Å². The number of hydrogen-bond donors (Lipinski definition) is 2. The predicted octanol–water partition coefficient (Wildman–Crippen LogP) is 1.80. The maximum atomic E-state index is 10.0. The lowest BCUT2D eigenvalue weighted by molar-refractivity contribution is -0.0882. The van der Waals surface area contributed by atoms with Gasteiger partial charge in [0.25, 0.3) is 0 Å². The van der Waals surface area contributed by atoms with Gasteiger partial charge in [-0.05, 0) is 31.1 Å². The van der Waals surface area contributed by atoms with Crippen LogP contribution in [0.25, 0.3) is 0 Å². The van der Waals surface area contributed by atoms with E-state index in [9.17, 15) is 10.2 Å². The number of rotatable bonds is 2. The highest BCUT2D eigenvalue weighted by molar-refractivity contribution is 4.93. The van der Waals surface area contributed by atoms with Gasteiger partial charge < -0.3 is 10.2 Å². The topological polar surface area (TPSA) is 40.5 Å². The van der Waals surface area contributed by atoms with E-state index in [1.54, 1.807) is 0 Å². The van der Waals surface area contributed by atoms with E-state index < -0.39 is 0 Å². The second-order valence-electron chi connectivity index (χ2n) is 4.94. The molecule has 3 atom stereocenters. The normalized spacial score (nSPS) is 41.1. The van der Waals surface area contributed by atoms with Crippen LogP contribution in [-0.2, 0) is 0 Å². The lowest BCUT2D eigenvalue weighted by Gasteiger charge is -2.45. The van der Waals surface area contributed by atoms with Crippen molar-refractivity contribution in [2.24, 2.45) is 17.3 Å². The molecule has 1 fully saturated rings. The first kappa shape index (κ1) is 11.0. The van der Waals surface area contributed by atoms with Crippen LogP contribution in [0.1, 0.15) is 40.0 Å². The lowest BCUT2D eigenvalue weighted by atomic mass is 9.63. The average Bonchev–Trinajstić information content (AvgIpc) is 2.04. The largest absolute Gasteiger partial charge is 0.396 e. The van der Waals surface area contributed by atoms with E-state index in [4.69, 9.17) is 0 Å². The Kier molecular flexibility index (Phi) is 3.36. The van der Waals surface area contributed by atoms with Gasteiger partial charge in [0.2, 0.25) is 0 Å². The smallest absolute Gasteiger partial charge is 0.0623 e. The molecule has 78 valence electrons. The molecule has 1 aliphatic carbocycles. The third-order valence-corrected chi connectivity index (χ3v) is 3.84. The van der Waals surface area contributed by atoms with Crippen LogP contribution in [0, 0.1) is 17.3 Å². The van der Waals surface area contributed by atoms with Gasteiger partial charge in [-0.2, -0.15) is 0 Å². The maximum absolute atomic E-state index is 10.0. The first-order chi connectivity index (χ1) is 6.03. The summed E-state index contributed by atoms with van der Waals surface area (Å²) < 4.78 is 0. The SMILES string of the molecule is CC(C)[C@@]1(CO)CC[C@H](C)C[C@@H]1O. The van der Waals surface area contributed by atoms with E-state index in [0.717, 1.165) is 19.3 Å². The Balaban J connectivity index is 2.75. The number of hydrogen-bond acceptors (Lipinski definition) is 2. The van der Waals surface area contributed by atoms with Gasteiger partial charge in [0, 0.05) is 5.41 Å². The molecule has 0 aliphatic heterocycles. The van der Waals surface area contributed by atoms with Crippen LogP contribution < -0.4 is 0 Å². The monoisotopic (exact) mass is 186 g/mol.